The molecular weight excluding hydrogens is 313 g/mol. The average molecular weight is 329 g/mol. The fourth-order valence-corrected chi connectivity index (χ4v) is 3.12. The summed E-state index contributed by atoms with van der Waals surface area (Å²) in [6, 6.07) is 11.3. The van der Waals surface area contributed by atoms with Crippen molar-refractivity contribution in [2.45, 2.75) is 18.8 Å². The first-order chi connectivity index (χ1) is 10.0. The van der Waals surface area contributed by atoms with E-state index < -0.39 is 17.0 Å². The summed E-state index contributed by atoms with van der Waals surface area (Å²) in [6.45, 7) is 1.99. The van der Waals surface area contributed by atoms with Gasteiger partial charge in [-0.1, -0.05) is 29.8 Å². The van der Waals surface area contributed by atoms with Gasteiger partial charge >= 0.3 is 0 Å². The highest BCUT2D eigenvalue weighted by Crippen LogP contribution is 2.33. The Morgan fingerprint density at radius 3 is 2.14 bits per heavy atom. The van der Waals surface area contributed by atoms with Crippen LogP contribution in [0.5, 0.6) is 0 Å². The molecular formula is C17H16Cl2F2. The van der Waals surface area contributed by atoms with Crippen molar-refractivity contribution in [2.24, 2.45) is 0 Å². The van der Waals surface area contributed by atoms with Gasteiger partial charge in [0.1, 0.15) is 11.6 Å². The summed E-state index contributed by atoms with van der Waals surface area (Å²) < 4.78 is 27.3. The molecule has 2 aromatic rings. The average Bonchev–Trinajstić information content (AvgIpc) is 2.49. The molecule has 0 bridgehead atoms. The highest BCUT2D eigenvalue weighted by Gasteiger charge is 2.32. The molecule has 0 aliphatic heterocycles. The number of aryl methyl sites for hydroxylation is 1. The molecule has 2 aromatic carbocycles. The van der Waals surface area contributed by atoms with E-state index in [1.807, 2.05) is 31.2 Å². The number of hydrogen-bond donors (Lipinski definition) is 0. The van der Waals surface area contributed by atoms with Crippen LogP contribution in [0.25, 0.3) is 0 Å². The van der Waals surface area contributed by atoms with Crippen LogP contribution in [-0.2, 0) is 11.8 Å². The van der Waals surface area contributed by atoms with Crippen molar-refractivity contribution in [2.75, 3.05) is 11.8 Å². The number of alkyl halides is 2. The van der Waals surface area contributed by atoms with Crippen molar-refractivity contribution in [3.63, 3.8) is 0 Å². The summed E-state index contributed by atoms with van der Waals surface area (Å²) in [5.74, 6) is -0.443. The Hall–Kier alpha value is -1.12. The summed E-state index contributed by atoms with van der Waals surface area (Å²) in [6.07, 6.45) is 0.257. The van der Waals surface area contributed by atoms with Crippen molar-refractivity contribution in [3.05, 3.63) is 70.8 Å². The lowest BCUT2D eigenvalue weighted by atomic mass is 9.78. The summed E-state index contributed by atoms with van der Waals surface area (Å²) >= 11 is 12.3. The molecule has 0 saturated carbocycles. The maximum absolute atomic E-state index is 13.9. The minimum Gasteiger partial charge on any atom is -0.207 e. The minimum atomic E-state index is -0.620. The van der Waals surface area contributed by atoms with E-state index in [1.165, 1.54) is 6.07 Å². The SMILES string of the molecule is Cc1ccc(C(CCl)(CCl)Cc2cc(F)ccc2F)cc1. The summed E-state index contributed by atoms with van der Waals surface area (Å²) in [7, 11) is 0. The van der Waals surface area contributed by atoms with Crippen LogP contribution in [0.4, 0.5) is 8.78 Å². The van der Waals surface area contributed by atoms with E-state index in [4.69, 9.17) is 23.2 Å². The first kappa shape index (κ1) is 16.3. The van der Waals surface area contributed by atoms with Crippen LogP contribution in [0.15, 0.2) is 42.5 Å². The van der Waals surface area contributed by atoms with E-state index in [0.29, 0.717) is 0 Å². The first-order valence-corrected chi connectivity index (χ1v) is 7.71. The van der Waals surface area contributed by atoms with E-state index in [9.17, 15) is 8.78 Å². The van der Waals surface area contributed by atoms with Crippen molar-refractivity contribution in [1.29, 1.82) is 0 Å². The summed E-state index contributed by atoms with van der Waals surface area (Å²) in [4.78, 5) is 0. The van der Waals surface area contributed by atoms with Gasteiger partial charge in [0, 0.05) is 17.2 Å². The Kier molecular flexibility index (Phi) is 5.23. The molecule has 0 heterocycles. The van der Waals surface area contributed by atoms with Gasteiger partial charge in [-0.25, -0.2) is 8.78 Å². The third-order valence-corrected chi connectivity index (χ3v) is 4.74. The third kappa shape index (κ3) is 3.56. The molecule has 0 radical (unpaired) electrons. The molecule has 2 rings (SSSR count). The highest BCUT2D eigenvalue weighted by atomic mass is 35.5. The molecule has 112 valence electrons. The standard InChI is InChI=1S/C17H16Cl2F2/c1-12-2-4-14(5-3-12)17(10-18,11-19)9-13-8-15(20)6-7-16(13)21/h2-8H,9-11H2,1H3. The third-order valence-electron chi connectivity index (χ3n) is 3.71. The van der Waals surface area contributed by atoms with Crippen LogP contribution in [-0.4, -0.2) is 11.8 Å². The molecule has 0 spiro atoms. The second-order valence-corrected chi connectivity index (χ2v) is 5.86. The molecule has 0 aliphatic rings. The number of rotatable bonds is 5. The van der Waals surface area contributed by atoms with Gasteiger partial charge in [0.25, 0.3) is 0 Å². The monoisotopic (exact) mass is 328 g/mol. The van der Waals surface area contributed by atoms with Gasteiger partial charge in [0.15, 0.2) is 0 Å². The zero-order valence-corrected chi connectivity index (χ0v) is 13.2. The van der Waals surface area contributed by atoms with Gasteiger partial charge in [-0.2, -0.15) is 0 Å². The van der Waals surface area contributed by atoms with Crippen molar-refractivity contribution in [1.82, 2.24) is 0 Å². The second-order valence-electron chi connectivity index (χ2n) is 5.33. The predicted octanol–water partition coefficient (Wildman–Crippen LogP) is 5.23. The van der Waals surface area contributed by atoms with Crippen LogP contribution in [0, 0.1) is 18.6 Å². The maximum atomic E-state index is 13.9. The second kappa shape index (κ2) is 6.76. The minimum absolute atomic E-state index is 0.232. The fraction of sp³-hybridized carbons (Fsp3) is 0.294. The zero-order valence-electron chi connectivity index (χ0n) is 11.7. The summed E-state index contributed by atoms with van der Waals surface area (Å²) in [5.41, 5.74) is 1.72. The molecule has 0 nitrogen and oxygen atoms in total. The largest absolute Gasteiger partial charge is 0.207 e. The van der Waals surface area contributed by atoms with E-state index in [0.717, 1.165) is 23.3 Å². The lowest BCUT2D eigenvalue weighted by Gasteiger charge is -2.30. The van der Waals surface area contributed by atoms with Crippen LogP contribution < -0.4 is 0 Å². The van der Waals surface area contributed by atoms with Gasteiger partial charge < -0.3 is 0 Å². The van der Waals surface area contributed by atoms with E-state index >= 15 is 0 Å². The number of halogens is 4. The lowest BCUT2D eigenvalue weighted by molar-refractivity contribution is 0.506. The normalized spacial score (nSPS) is 11.7. The quantitative estimate of drug-likeness (QED) is 0.659. The Morgan fingerprint density at radius 1 is 0.952 bits per heavy atom. The molecule has 4 heteroatoms. The number of hydrogen-bond acceptors (Lipinski definition) is 0. The Labute approximate surface area is 133 Å². The first-order valence-electron chi connectivity index (χ1n) is 6.64. The van der Waals surface area contributed by atoms with E-state index in [-0.39, 0.29) is 23.7 Å². The molecule has 0 amide bonds. The van der Waals surface area contributed by atoms with Gasteiger partial charge in [0.2, 0.25) is 0 Å². The molecule has 0 aromatic heterocycles. The zero-order chi connectivity index (χ0) is 15.5. The van der Waals surface area contributed by atoms with Crippen LogP contribution >= 0.6 is 23.2 Å². The van der Waals surface area contributed by atoms with Gasteiger partial charge in [-0.05, 0) is 42.7 Å². The summed E-state index contributed by atoms with van der Waals surface area (Å²) in [5, 5.41) is 0. The van der Waals surface area contributed by atoms with Crippen LogP contribution in [0.1, 0.15) is 16.7 Å². The molecule has 0 unspecified atom stereocenters. The predicted molar refractivity (Wildman–Crippen MR) is 84.4 cm³/mol. The van der Waals surface area contributed by atoms with Crippen molar-refractivity contribution < 1.29 is 8.78 Å². The highest BCUT2D eigenvalue weighted by molar-refractivity contribution is 6.22. The van der Waals surface area contributed by atoms with Gasteiger partial charge in [-0.15, -0.1) is 23.2 Å². The molecule has 0 atom stereocenters. The molecule has 0 fully saturated rings. The molecule has 0 aliphatic carbocycles. The van der Waals surface area contributed by atoms with Crippen molar-refractivity contribution >= 4 is 23.2 Å². The maximum Gasteiger partial charge on any atom is 0.126 e. The molecule has 21 heavy (non-hydrogen) atoms. The topological polar surface area (TPSA) is 0 Å². The fourth-order valence-electron chi connectivity index (χ4n) is 2.34. The van der Waals surface area contributed by atoms with E-state index in [2.05, 4.69) is 0 Å². The smallest absolute Gasteiger partial charge is 0.126 e. The van der Waals surface area contributed by atoms with Crippen molar-refractivity contribution in [3.8, 4) is 0 Å². The van der Waals surface area contributed by atoms with E-state index in [1.54, 1.807) is 0 Å². The Balaban J connectivity index is 2.42. The Bertz CT molecular complexity index is 605. The van der Waals surface area contributed by atoms with Gasteiger partial charge in [0.05, 0.1) is 0 Å². The van der Waals surface area contributed by atoms with Crippen LogP contribution in [0.3, 0.4) is 0 Å². The number of benzene rings is 2. The van der Waals surface area contributed by atoms with Crippen LogP contribution in [0.2, 0.25) is 0 Å². The Morgan fingerprint density at radius 2 is 1.57 bits per heavy atom. The molecule has 0 saturated heterocycles. The lowest BCUT2D eigenvalue weighted by Crippen LogP contribution is -2.33. The molecule has 0 N–H and O–H groups in total. The van der Waals surface area contributed by atoms with Gasteiger partial charge in [-0.3, -0.25) is 0 Å².